The Hall–Kier alpha value is -1.71. The molecule has 1 atom stereocenters. The Kier molecular flexibility index (Phi) is 5.23. The smallest absolute Gasteiger partial charge is 0.271 e. The Morgan fingerprint density at radius 1 is 1.46 bits per heavy atom. The average Bonchev–Trinajstić information content (AvgIpc) is 2.88. The fourth-order valence-corrected chi connectivity index (χ4v) is 4.38. The topological polar surface area (TPSA) is 107 Å². The Morgan fingerprint density at radius 3 is 2.85 bits per heavy atom. The number of fused-ring (bicyclic) bond motifs is 1. The number of amides is 1. The van der Waals surface area contributed by atoms with Gasteiger partial charge in [-0.25, -0.2) is 13.6 Å². The van der Waals surface area contributed by atoms with Crippen LogP contribution in [0.2, 0.25) is 0 Å². The van der Waals surface area contributed by atoms with Crippen molar-refractivity contribution >= 4 is 31.9 Å². The molecular weight excluding hydrogens is 420 g/mol. The molecule has 0 spiro atoms. The molecule has 9 heteroatoms. The van der Waals surface area contributed by atoms with Crippen molar-refractivity contribution in [2.45, 2.75) is 50.6 Å². The van der Waals surface area contributed by atoms with E-state index in [0.717, 1.165) is 36.1 Å². The number of benzene rings is 1. The summed E-state index contributed by atoms with van der Waals surface area (Å²) in [6.07, 6.45) is 2.42. The van der Waals surface area contributed by atoms with Gasteiger partial charge in [0.05, 0.1) is 21.1 Å². The Morgan fingerprint density at radius 2 is 2.19 bits per heavy atom. The summed E-state index contributed by atoms with van der Waals surface area (Å²) in [5.41, 5.74) is 3.11. The highest BCUT2D eigenvalue weighted by Crippen LogP contribution is 2.32. The molecule has 0 fully saturated rings. The standard InChI is InChI=1S/C17H21BrN4O3S/c1-3-22-16(15(18)10(2)21-22)17(23)20-14-6-4-5-11-9-12(26(19,24)25)7-8-13(11)14/h7-9,14H,3-6H2,1-2H3,(H,20,23)(H2,19,24,25). The van der Waals surface area contributed by atoms with Crippen LogP contribution in [0.1, 0.15) is 53.1 Å². The number of rotatable bonds is 4. The monoisotopic (exact) mass is 440 g/mol. The largest absolute Gasteiger partial charge is 0.344 e. The molecule has 140 valence electrons. The lowest BCUT2D eigenvalue weighted by Gasteiger charge is -2.27. The van der Waals surface area contributed by atoms with Gasteiger partial charge in [0.25, 0.3) is 5.91 Å². The van der Waals surface area contributed by atoms with E-state index < -0.39 is 10.0 Å². The number of nitrogens with zero attached hydrogens (tertiary/aromatic N) is 2. The van der Waals surface area contributed by atoms with Gasteiger partial charge in [0, 0.05) is 6.54 Å². The quantitative estimate of drug-likeness (QED) is 0.760. The maximum absolute atomic E-state index is 12.8. The molecule has 0 aliphatic heterocycles. The third-order valence-electron chi connectivity index (χ3n) is 4.63. The number of hydrogen-bond donors (Lipinski definition) is 2. The van der Waals surface area contributed by atoms with Gasteiger partial charge >= 0.3 is 0 Å². The predicted molar refractivity (Wildman–Crippen MR) is 101 cm³/mol. The molecule has 2 aromatic rings. The minimum absolute atomic E-state index is 0.102. The van der Waals surface area contributed by atoms with E-state index >= 15 is 0 Å². The van der Waals surface area contributed by atoms with Crippen LogP contribution in [0.15, 0.2) is 27.6 Å². The summed E-state index contributed by atoms with van der Waals surface area (Å²) in [5.74, 6) is -0.201. The van der Waals surface area contributed by atoms with Crippen LogP contribution in [0.4, 0.5) is 0 Å². The zero-order valence-corrected chi connectivity index (χ0v) is 17.0. The third kappa shape index (κ3) is 3.56. The molecule has 7 nitrogen and oxygen atoms in total. The second-order valence-corrected chi connectivity index (χ2v) is 8.74. The first-order chi connectivity index (χ1) is 12.2. The van der Waals surface area contributed by atoms with Crippen LogP contribution in [0.3, 0.4) is 0 Å². The number of carbonyl (C=O) groups excluding carboxylic acids is 1. The number of aryl methyl sites for hydroxylation is 3. The average molecular weight is 441 g/mol. The van der Waals surface area contributed by atoms with Gasteiger partial charge in [-0.2, -0.15) is 5.10 Å². The number of aromatic nitrogens is 2. The summed E-state index contributed by atoms with van der Waals surface area (Å²) < 4.78 is 25.5. The molecule has 1 amide bonds. The fourth-order valence-electron chi connectivity index (χ4n) is 3.35. The number of nitrogens with two attached hydrogens (primary N) is 1. The van der Waals surface area contributed by atoms with Crippen molar-refractivity contribution in [3.05, 3.63) is 45.2 Å². The van der Waals surface area contributed by atoms with Crippen LogP contribution in [0.5, 0.6) is 0 Å². The van der Waals surface area contributed by atoms with Crippen molar-refractivity contribution in [3.8, 4) is 0 Å². The molecule has 1 aliphatic rings. The third-order valence-corrected chi connectivity index (χ3v) is 6.49. The van der Waals surface area contributed by atoms with Crippen molar-refractivity contribution in [2.75, 3.05) is 0 Å². The summed E-state index contributed by atoms with van der Waals surface area (Å²) in [4.78, 5) is 12.9. The van der Waals surface area contributed by atoms with Crippen molar-refractivity contribution in [1.82, 2.24) is 15.1 Å². The molecular formula is C17H21BrN4O3S. The molecule has 3 rings (SSSR count). The highest BCUT2D eigenvalue weighted by molar-refractivity contribution is 9.10. The highest BCUT2D eigenvalue weighted by Gasteiger charge is 2.26. The molecule has 1 aromatic carbocycles. The van der Waals surface area contributed by atoms with E-state index in [1.807, 2.05) is 13.8 Å². The van der Waals surface area contributed by atoms with Gasteiger partial charge in [0.2, 0.25) is 10.0 Å². The molecule has 1 aromatic heterocycles. The van der Waals surface area contributed by atoms with E-state index in [2.05, 4.69) is 26.3 Å². The number of primary sulfonamides is 1. The second-order valence-electron chi connectivity index (χ2n) is 6.39. The zero-order chi connectivity index (χ0) is 19.1. The summed E-state index contributed by atoms with van der Waals surface area (Å²) in [6.45, 7) is 4.37. The Labute approximate surface area is 161 Å². The van der Waals surface area contributed by atoms with E-state index in [1.165, 1.54) is 6.07 Å². The van der Waals surface area contributed by atoms with E-state index in [0.29, 0.717) is 16.7 Å². The predicted octanol–water partition coefficient (Wildman–Crippen LogP) is 2.43. The highest BCUT2D eigenvalue weighted by atomic mass is 79.9. The van der Waals surface area contributed by atoms with Gasteiger partial charge in [-0.3, -0.25) is 9.48 Å². The van der Waals surface area contributed by atoms with E-state index in [1.54, 1.807) is 16.8 Å². The minimum Gasteiger partial charge on any atom is -0.344 e. The molecule has 3 N–H and O–H groups in total. The lowest BCUT2D eigenvalue weighted by molar-refractivity contribution is 0.0921. The Balaban J connectivity index is 1.90. The maximum atomic E-state index is 12.8. The normalized spacial score (nSPS) is 17.0. The number of hydrogen-bond acceptors (Lipinski definition) is 4. The number of carbonyl (C=O) groups is 1. The number of sulfonamides is 1. The Bertz CT molecular complexity index is 969. The number of halogens is 1. The second kappa shape index (κ2) is 7.13. The molecule has 0 saturated carbocycles. The lowest BCUT2D eigenvalue weighted by Crippen LogP contribution is -2.32. The first-order valence-corrected chi connectivity index (χ1v) is 10.8. The van der Waals surface area contributed by atoms with Crippen LogP contribution >= 0.6 is 15.9 Å². The van der Waals surface area contributed by atoms with Crippen molar-refractivity contribution in [3.63, 3.8) is 0 Å². The van der Waals surface area contributed by atoms with Crippen molar-refractivity contribution in [1.29, 1.82) is 0 Å². The zero-order valence-electron chi connectivity index (χ0n) is 14.6. The van der Waals surface area contributed by atoms with Gasteiger partial charge in [0.15, 0.2) is 0 Å². The molecule has 1 heterocycles. The van der Waals surface area contributed by atoms with Gasteiger partial charge < -0.3 is 5.32 Å². The molecule has 0 bridgehead atoms. The fraction of sp³-hybridized carbons (Fsp3) is 0.412. The summed E-state index contributed by atoms with van der Waals surface area (Å²) >= 11 is 3.45. The first kappa shape index (κ1) is 19.1. The first-order valence-electron chi connectivity index (χ1n) is 8.41. The van der Waals surface area contributed by atoms with Crippen LogP contribution < -0.4 is 10.5 Å². The van der Waals surface area contributed by atoms with Crippen LogP contribution in [0, 0.1) is 6.92 Å². The van der Waals surface area contributed by atoms with Gasteiger partial charge in [-0.15, -0.1) is 0 Å². The molecule has 26 heavy (non-hydrogen) atoms. The lowest BCUT2D eigenvalue weighted by atomic mass is 9.87. The van der Waals surface area contributed by atoms with Crippen LogP contribution in [0.25, 0.3) is 0 Å². The van der Waals surface area contributed by atoms with E-state index in [-0.39, 0.29) is 16.8 Å². The summed E-state index contributed by atoms with van der Waals surface area (Å²) in [6, 6.07) is 4.68. The van der Waals surface area contributed by atoms with Crippen LogP contribution in [-0.4, -0.2) is 24.1 Å². The minimum atomic E-state index is -3.74. The van der Waals surface area contributed by atoms with Crippen LogP contribution in [-0.2, 0) is 23.0 Å². The summed E-state index contributed by atoms with van der Waals surface area (Å²) in [5, 5.41) is 12.6. The molecule has 0 saturated heterocycles. The SMILES string of the molecule is CCn1nc(C)c(Br)c1C(=O)NC1CCCc2cc(S(N)(=O)=O)ccc21. The van der Waals surface area contributed by atoms with Gasteiger partial charge in [0.1, 0.15) is 5.69 Å². The van der Waals surface area contributed by atoms with Gasteiger partial charge in [-0.05, 0) is 72.3 Å². The van der Waals surface area contributed by atoms with Crippen molar-refractivity contribution in [2.24, 2.45) is 5.14 Å². The molecule has 1 aliphatic carbocycles. The molecule has 1 unspecified atom stereocenters. The number of nitrogens with one attached hydrogen (secondary N) is 1. The summed E-state index contributed by atoms with van der Waals surface area (Å²) in [7, 11) is -3.74. The van der Waals surface area contributed by atoms with E-state index in [9.17, 15) is 13.2 Å². The van der Waals surface area contributed by atoms with Gasteiger partial charge in [-0.1, -0.05) is 6.07 Å². The molecule has 0 radical (unpaired) electrons. The van der Waals surface area contributed by atoms with Crippen molar-refractivity contribution < 1.29 is 13.2 Å². The maximum Gasteiger partial charge on any atom is 0.271 e. The van der Waals surface area contributed by atoms with E-state index in [4.69, 9.17) is 5.14 Å².